The summed E-state index contributed by atoms with van der Waals surface area (Å²) in [6.07, 6.45) is 5.08. The van der Waals surface area contributed by atoms with Gasteiger partial charge in [0.05, 0.1) is 0 Å². The first-order chi connectivity index (χ1) is 11.0. The molecule has 3 nitrogen and oxygen atoms in total. The Hall–Kier alpha value is -2.26. The van der Waals surface area contributed by atoms with Crippen molar-refractivity contribution in [3.63, 3.8) is 0 Å². The number of fused-ring (bicyclic) bond motifs is 1. The number of phenols is 1. The van der Waals surface area contributed by atoms with Crippen LogP contribution in [-0.4, -0.2) is 17.3 Å². The van der Waals surface area contributed by atoms with Crippen LogP contribution in [0, 0.1) is 0 Å². The molecule has 0 spiro atoms. The summed E-state index contributed by atoms with van der Waals surface area (Å²) in [4.78, 5) is 0. The smallest absolute Gasteiger partial charge is 0.131 e. The first kappa shape index (κ1) is 15.6. The normalized spacial score (nSPS) is 15.0. The average molecular weight is 309 g/mol. The summed E-state index contributed by atoms with van der Waals surface area (Å²) in [6, 6.07) is 14.1. The summed E-state index contributed by atoms with van der Waals surface area (Å²) in [5.74, 6) is 1.02. The van der Waals surface area contributed by atoms with Crippen molar-refractivity contribution in [1.29, 1.82) is 0 Å². The monoisotopic (exact) mass is 309 g/mol. The molecule has 0 atom stereocenters. The van der Waals surface area contributed by atoms with E-state index < -0.39 is 0 Å². The van der Waals surface area contributed by atoms with E-state index in [1.165, 1.54) is 5.56 Å². The molecule has 0 aliphatic carbocycles. The highest BCUT2D eigenvalue weighted by molar-refractivity contribution is 5.64. The van der Waals surface area contributed by atoms with Crippen molar-refractivity contribution < 1.29 is 9.84 Å². The van der Waals surface area contributed by atoms with Gasteiger partial charge in [-0.15, -0.1) is 0 Å². The van der Waals surface area contributed by atoms with E-state index >= 15 is 0 Å². The lowest BCUT2D eigenvalue weighted by atomic mass is 10.00. The number of benzene rings is 2. The third kappa shape index (κ3) is 3.93. The van der Waals surface area contributed by atoms with Crippen LogP contribution in [0.4, 0.5) is 0 Å². The second-order valence-corrected chi connectivity index (χ2v) is 6.47. The lowest BCUT2D eigenvalue weighted by Crippen LogP contribution is -2.27. The van der Waals surface area contributed by atoms with Crippen molar-refractivity contribution in [2.45, 2.75) is 32.4 Å². The Morgan fingerprint density at radius 3 is 2.70 bits per heavy atom. The number of hydrogen-bond donors (Lipinski definition) is 2. The molecule has 120 valence electrons. The van der Waals surface area contributed by atoms with Gasteiger partial charge in [-0.1, -0.05) is 36.4 Å². The Morgan fingerprint density at radius 2 is 1.91 bits per heavy atom. The fourth-order valence-corrected chi connectivity index (χ4v) is 2.70. The third-order valence-corrected chi connectivity index (χ3v) is 4.00. The van der Waals surface area contributed by atoms with Gasteiger partial charge >= 0.3 is 0 Å². The van der Waals surface area contributed by atoms with Gasteiger partial charge in [0.2, 0.25) is 0 Å². The molecule has 1 aliphatic rings. The molecule has 0 saturated heterocycles. The maximum absolute atomic E-state index is 10.2. The van der Waals surface area contributed by atoms with Crippen molar-refractivity contribution in [2.24, 2.45) is 0 Å². The standard InChI is InChI=1S/C20H23NO2/c1-20(2)10-8-16-12-17(18(22)13-19(16)23-20)14-21-11-9-15-6-4-3-5-7-15/h3-8,10,12-13,21-22H,9,11,14H2,1-2H3. The van der Waals surface area contributed by atoms with Gasteiger partial charge in [0.1, 0.15) is 17.1 Å². The largest absolute Gasteiger partial charge is 0.507 e. The zero-order chi connectivity index (χ0) is 16.3. The predicted octanol–water partition coefficient (Wildman–Crippen LogP) is 3.91. The van der Waals surface area contributed by atoms with Gasteiger partial charge in [-0.05, 0) is 44.5 Å². The summed E-state index contributed by atoms with van der Waals surface area (Å²) in [5.41, 5.74) is 2.90. The van der Waals surface area contributed by atoms with E-state index in [2.05, 4.69) is 35.7 Å². The lowest BCUT2D eigenvalue weighted by molar-refractivity contribution is 0.158. The summed E-state index contributed by atoms with van der Waals surface area (Å²) in [5, 5.41) is 13.6. The number of phenolic OH excluding ortho intramolecular Hbond substituents is 1. The molecule has 1 heterocycles. The van der Waals surface area contributed by atoms with E-state index in [1.807, 2.05) is 32.1 Å². The van der Waals surface area contributed by atoms with Crippen molar-refractivity contribution in [3.05, 3.63) is 65.2 Å². The van der Waals surface area contributed by atoms with Crippen LogP contribution in [-0.2, 0) is 13.0 Å². The van der Waals surface area contributed by atoms with Crippen molar-refractivity contribution in [3.8, 4) is 11.5 Å². The predicted molar refractivity (Wildman–Crippen MR) is 93.7 cm³/mol. The molecule has 2 aromatic carbocycles. The Labute approximate surface area is 137 Å². The van der Waals surface area contributed by atoms with Crippen LogP contribution in [0.3, 0.4) is 0 Å². The number of hydrogen-bond acceptors (Lipinski definition) is 3. The quantitative estimate of drug-likeness (QED) is 0.823. The van der Waals surface area contributed by atoms with Crippen LogP contribution >= 0.6 is 0 Å². The summed E-state index contributed by atoms with van der Waals surface area (Å²) < 4.78 is 5.87. The van der Waals surface area contributed by atoms with Gasteiger partial charge in [0.15, 0.2) is 0 Å². The van der Waals surface area contributed by atoms with Crippen LogP contribution in [0.2, 0.25) is 0 Å². The molecule has 0 fully saturated rings. The SMILES string of the molecule is CC1(C)C=Cc2cc(CNCCc3ccccc3)c(O)cc2O1. The molecule has 0 amide bonds. The average Bonchev–Trinajstić information content (AvgIpc) is 2.52. The molecule has 0 aromatic heterocycles. The fraction of sp³-hybridized carbons (Fsp3) is 0.300. The number of aromatic hydroxyl groups is 1. The zero-order valence-corrected chi connectivity index (χ0v) is 13.7. The lowest BCUT2D eigenvalue weighted by Gasteiger charge is -2.28. The first-order valence-electron chi connectivity index (χ1n) is 8.02. The highest BCUT2D eigenvalue weighted by atomic mass is 16.5. The van der Waals surface area contributed by atoms with Crippen molar-refractivity contribution >= 4 is 6.08 Å². The molecule has 0 bridgehead atoms. The Balaban J connectivity index is 1.61. The van der Waals surface area contributed by atoms with Gasteiger partial charge in [-0.3, -0.25) is 0 Å². The molecule has 2 aromatic rings. The minimum Gasteiger partial charge on any atom is -0.507 e. The molecule has 1 aliphatic heterocycles. The van der Waals surface area contributed by atoms with E-state index in [-0.39, 0.29) is 11.4 Å². The maximum atomic E-state index is 10.2. The number of ether oxygens (including phenoxy) is 1. The van der Waals surface area contributed by atoms with E-state index in [1.54, 1.807) is 6.07 Å². The fourth-order valence-electron chi connectivity index (χ4n) is 2.70. The van der Waals surface area contributed by atoms with Crippen LogP contribution in [0.25, 0.3) is 6.08 Å². The molecular weight excluding hydrogens is 286 g/mol. The summed E-state index contributed by atoms with van der Waals surface area (Å²) in [6.45, 7) is 5.52. The highest BCUT2D eigenvalue weighted by Crippen LogP contribution is 2.35. The molecule has 0 unspecified atom stereocenters. The first-order valence-corrected chi connectivity index (χ1v) is 8.02. The van der Waals surface area contributed by atoms with E-state index in [0.717, 1.165) is 29.8 Å². The van der Waals surface area contributed by atoms with Crippen molar-refractivity contribution in [2.75, 3.05) is 6.54 Å². The minimum atomic E-state index is -0.325. The molecule has 23 heavy (non-hydrogen) atoms. The number of nitrogens with one attached hydrogen (secondary N) is 1. The number of rotatable bonds is 5. The Morgan fingerprint density at radius 1 is 1.13 bits per heavy atom. The maximum Gasteiger partial charge on any atom is 0.131 e. The van der Waals surface area contributed by atoms with Gasteiger partial charge in [0, 0.05) is 23.7 Å². The summed E-state index contributed by atoms with van der Waals surface area (Å²) in [7, 11) is 0. The van der Waals surface area contributed by atoms with Gasteiger partial charge in [-0.25, -0.2) is 0 Å². The third-order valence-electron chi connectivity index (χ3n) is 4.00. The van der Waals surface area contributed by atoms with Crippen LogP contribution < -0.4 is 10.1 Å². The Kier molecular flexibility index (Phi) is 4.39. The van der Waals surface area contributed by atoms with E-state index in [0.29, 0.717) is 6.54 Å². The van der Waals surface area contributed by atoms with Gasteiger partial charge in [-0.2, -0.15) is 0 Å². The second kappa shape index (κ2) is 6.47. The molecule has 3 rings (SSSR count). The van der Waals surface area contributed by atoms with Gasteiger partial charge < -0.3 is 15.2 Å². The second-order valence-electron chi connectivity index (χ2n) is 6.47. The topological polar surface area (TPSA) is 41.5 Å². The molecule has 2 N–H and O–H groups in total. The zero-order valence-electron chi connectivity index (χ0n) is 13.7. The molecule has 0 radical (unpaired) electrons. The van der Waals surface area contributed by atoms with Crippen LogP contribution in [0.1, 0.15) is 30.5 Å². The molecule has 3 heteroatoms. The van der Waals surface area contributed by atoms with Crippen LogP contribution in [0.5, 0.6) is 11.5 Å². The van der Waals surface area contributed by atoms with Crippen molar-refractivity contribution in [1.82, 2.24) is 5.32 Å². The summed E-state index contributed by atoms with van der Waals surface area (Å²) >= 11 is 0. The van der Waals surface area contributed by atoms with E-state index in [9.17, 15) is 5.11 Å². The molecule has 0 saturated carbocycles. The molecular formula is C20H23NO2. The van der Waals surface area contributed by atoms with Gasteiger partial charge in [0.25, 0.3) is 0 Å². The van der Waals surface area contributed by atoms with E-state index in [4.69, 9.17) is 4.74 Å². The highest BCUT2D eigenvalue weighted by Gasteiger charge is 2.22. The Bertz CT molecular complexity index is 705. The minimum absolute atomic E-state index is 0.280. The van der Waals surface area contributed by atoms with Crippen LogP contribution in [0.15, 0.2) is 48.5 Å².